The Morgan fingerprint density at radius 2 is 1.17 bits per heavy atom. The minimum atomic E-state index is 0.367. The molecule has 1 aliphatic heterocycles. The molecule has 0 atom stereocenters. The molecule has 0 unspecified atom stereocenters. The van der Waals surface area contributed by atoms with Crippen molar-refractivity contribution in [3.05, 3.63) is 95.6 Å². The second-order valence-corrected chi connectivity index (χ2v) is 14.9. The first kappa shape index (κ1) is 33.3. The first-order chi connectivity index (χ1) is 23.1. The molecule has 4 aromatic heterocycles. The standard InChI is InChI=1S/C42H51N5O/c1-41(2,3)42(4,5)25-11-9-7-6-8-10-12-26-48-37-21-17-30(18-22-37)47-40-38-23-19-35(45-38)28-33-15-13-31(43-33)27-32-14-16-34(44-32)29-36-20-24-39(40)46-36/h13-24,27-29,43-45H,6-12,25-26H2,1-5H3. The van der Waals surface area contributed by atoms with E-state index in [4.69, 9.17) is 14.7 Å². The van der Waals surface area contributed by atoms with E-state index in [1.165, 1.54) is 44.9 Å². The maximum Gasteiger partial charge on any atom is 0.119 e. The van der Waals surface area contributed by atoms with Crippen LogP contribution in [0.3, 0.4) is 0 Å². The van der Waals surface area contributed by atoms with E-state index in [1.54, 1.807) is 0 Å². The van der Waals surface area contributed by atoms with Gasteiger partial charge in [0.25, 0.3) is 0 Å². The summed E-state index contributed by atoms with van der Waals surface area (Å²) < 4.78 is 6.09. The number of aromatic amines is 3. The van der Waals surface area contributed by atoms with Gasteiger partial charge in [-0.25, -0.2) is 9.98 Å². The van der Waals surface area contributed by atoms with Crippen LogP contribution in [-0.4, -0.2) is 26.5 Å². The van der Waals surface area contributed by atoms with Crippen LogP contribution in [0.15, 0.2) is 83.9 Å². The van der Waals surface area contributed by atoms with Crippen LogP contribution in [0.4, 0.5) is 5.69 Å². The number of nitrogens with one attached hydrogen (secondary N) is 3. The summed E-state index contributed by atoms with van der Waals surface area (Å²) >= 11 is 0. The summed E-state index contributed by atoms with van der Waals surface area (Å²) in [5.74, 6) is 0.881. The molecule has 250 valence electrons. The molecule has 6 rings (SSSR count). The molecule has 8 bridgehead atoms. The van der Waals surface area contributed by atoms with E-state index in [-0.39, 0.29) is 0 Å². The van der Waals surface area contributed by atoms with Crippen LogP contribution in [-0.2, 0) is 0 Å². The van der Waals surface area contributed by atoms with Crippen LogP contribution in [0.25, 0.3) is 45.3 Å². The number of rotatable bonds is 12. The van der Waals surface area contributed by atoms with Crippen molar-refractivity contribution < 1.29 is 4.74 Å². The van der Waals surface area contributed by atoms with Crippen molar-refractivity contribution in [1.82, 2.24) is 19.9 Å². The summed E-state index contributed by atoms with van der Waals surface area (Å²) in [5, 5.41) is 0.792. The largest absolute Gasteiger partial charge is 0.494 e. The zero-order valence-electron chi connectivity index (χ0n) is 29.3. The second kappa shape index (κ2) is 14.7. The third kappa shape index (κ3) is 8.66. The monoisotopic (exact) mass is 641 g/mol. The lowest BCUT2D eigenvalue weighted by molar-refractivity contribution is 0.115. The SMILES string of the molecule is CC(C)(C)C(C)(C)CCCCCCCCCOc1ccc(N=c2c3nc(cc4ccc(cc5ccc(cc6ccc2[nH]6)[nH]5)[nH]4)C=C3)cc1. The lowest BCUT2D eigenvalue weighted by Crippen LogP contribution is -2.29. The van der Waals surface area contributed by atoms with Crippen LogP contribution in [0, 0.1) is 10.8 Å². The molecule has 0 fully saturated rings. The predicted octanol–water partition coefficient (Wildman–Crippen LogP) is 11.5. The maximum atomic E-state index is 6.09. The Hall–Kier alpha value is -4.58. The molecule has 3 N–H and O–H groups in total. The van der Waals surface area contributed by atoms with Crippen molar-refractivity contribution >= 4 is 50.9 Å². The highest BCUT2D eigenvalue weighted by atomic mass is 16.5. The molecule has 0 saturated heterocycles. The fraction of sp³-hybridized carbons (Fsp3) is 0.381. The van der Waals surface area contributed by atoms with E-state index >= 15 is 0 Å². The molecule has 0 amide bonds. The summed E-state index contributed by atoms with van der Waals surface area (Å²) in [6, 6.07) is 26.8. The highest BCUT2D eigenvalue weighted by Gasteiger charge is 2.31. The first-order valence-corrected chi connectivity index (χ1v) is 17.7. The number of unbranched alkanes of at least 4 members (excludes halogenated alkanes) is 6. The van der Waals surface area contributed by atoms with Gasteiger partial charge in [-0.2, -0.15) is 0 Å². The predicted molar refractivity (Wildman–Crippen MR) is 203 cm³/mol. The van der Waals surface area contributed by atoms with Gasteiger partial charge in [0.2, 0.25) is 0 Å². The Kier molecular flexibility index (Phi) is 10.2. The Labute approximate surface area is 284 Å². The Balaban J connectivity index is 1.10. The second-order valence-electron chi connectivity index (χ2n) is 14.9. The van der Waals surface area contributed by atoms with Crippen LogP contribution in [0.5, 0.6) is 5.75 Å². The lowest BCUT2D eigenvalue weighted by Gasteiger charge is -2.39. The molecular formula is C42H51N5O. The molecular weight excluding hydrogens is 590 g/mol. The zero-order valence-corrected chi connectivity index (χ0v) is 29.3. The summed E-state index contributed by atoms with van der Waals surface area (Å²) in [4.78, 5) is 20.5. The first-order valence-electron chi connectivity index (χ1n) is 17.7. The zero-order chi connectivity index (χ0) is 33.6. The van der Waals surface area contributed by atoms with Crippen molar-refractivity contribution in [1.29, 1.82) is 0 Å². The summed E-state index contributed by atoms with van der Waals surface area (Å²) in [6.07, 6.45) is 14.3. The van der Waals surface area contributed by atoms with Crippen LogP contribution < -0.4 is 10.1 Å². The van der Waals surface area contributed by atoms with Crippen LogP contribution in [0.1, 0.15) is 97.4 Å². The van der Waals surface area contributed by atoms with E-state index in [9.17, 15) is 0 Å². The Bertz CT molecular complexity index is 2050. The topological polar surface area (TPSA) is 81.8 Å². The molecule has 0 radical (unpaired) electrons. The van der Waals surface area contributed by atoms with Gasteiger partial charge in [0.1, 0.15) is 11.1 Å². The molecule has 6 nitrogen and oxygen atoms in total. The smallest absolute Gasteiger partial charge is 0.119 e. The van der Waals surface area contributed by atoms with Crippen molar-refractivity contribution in [3.8, 4) is 5.75 Å². The average Bonchev–Trinajstić information content (AvgIpc) is 3.87. The van der Waals surface area contributed by atoms with Gasteiger partial charge in [-0.3, -0.25) is 0 Å². The molecule has 5 heterocycles. The summed E-state index contributed by atoms with van der Waals surface area (Å²) in [7, 11) is 0. The molecule has 6 heteroatoms. The maximum absolute atomic E-state index is 6.09. The highest BCUT2D eigenvalue weighted by molar-refractivity contribution is 5.76. The van der Waals surface area contributed by atoms with Crippen molar-refractivity contribution in [2.24, 2.45) is 15.8 Å². The fourth-order valence-corrected chi connectivity index (χ4v) is 6.03. The molecule has 1 aliphatic rings. The number of nitrogens with zero attached hydrogens (tertiary/aromatic N) is 2. The minimum absolute atomic E-state index is 0.367. The average molecular weight is 642 g/mol. The van der Waals surface area contributed by atoms with Gasteiger partial charge in [0.15, 0.2) is 0 Å². The quantitative estimate of drug-likeness (QED) is 0.116. The fourth-order valence-electron chi connectivity index (χ4n) is 6.03. The number of hydrogen-bond acceptors (Lipinski definition) is 3. The number of aromatic nitrogens is 4. The molecule has 0 saturated carbocycles. The molecule has 48 heavy (non-hydrogen) atoms. The lowest BCUT2D eigenvalue weighted by atomic mass is 9.67. The van der Waals surface area contributed by atoms with E-state index in [2.05, 4.69) is 104 Å². The number of fused-ring (bicyclic) bond motifs is 8. The van der Waals surface area contributed by atoms with Gasteiger partial charge in [0.05, 0.1) is 29.2 Å². The normalized spacial score (nSPS) is 13.1. The van der Waals surface area contributed by atoms with Crippen molar-refractivity contribution in [3.63, 3.8) is 0 Å². The van der Waals surface area contributed by atoms with Gasteiger partial charge >= 0.3 is 0 Å². The number of hydrogen-bond donors (Lipinski definition) is 3. The van der Waals surface area contributed by atoms with Crippen molar-refractivity contribution in [2.75, 3.05) is 6.61 Å². The Morgan fingerprint density at radius 3 is 1.81 bits per heavy atom. The summed E-state index contributed by atoms with van der Waals surface area (Å²) in [6.45, 7) is 12.7. The molecule has 5 aromatic rings. The molecule has 0 aliphatic carbocycles. The van der Waals surface area contributed by atoms with Gasteiger partial charge in [-0.15, -0.1) is 0 Å². The third-order valence-corrected chi connectivity index (χ3v) is 10.1. The van der Waals surface area contributed by atoms with E-state index < -0.39 is 0 Å². The van der Waals surface area contributed by atoms with Crippen molar-refractivity contribution in [2.45, 2.75) is 86.0 Å². The van der Waals surface area contributed by atoms with E-state index in [1.807, 2.05) is 36.4 Å². The van der Waals surface area contributed by atoms with Gasteiger partial charge in [0, 0.05) is 27.6 Å². The van der Waals surface area contributed by atoms with Gasteiger partial charge < -0.3 is 19.7 Å². The van der Waals surface area contributed by atoms with E-state index in [0.717, 1.165) is 74.3 Å². The molecule has 0 spiro atoms. The van der Waals surface area contributed by atoms with Crippen LogP contribution >= 0.6 is 0 Å². The van der Waals surface area contributed by atoms with Crippen LogP contribution in [0.2, 0.25) is 0 Å². The molecule has 1 aromatic carbocycles. The Morgan fingerprint density at radius 1 is 0.604 bits per heavy atom. The third-order valence-electron chi connectivity index (χ3n) is 10.1. The van der Waals surface area contributed by atoms with Gasteiger partial charge in [-0.05, 0) is 115 Å². The summed E-state index contributed by atoms with van der Waals surface area (Å²) in [5.41, 5.74) is 9.30. The minimum Gasteiger partial charge on any atom is -0.494 e. The van der Waals surface area contributed by atoms with Gasteiger partial charge in [-0.1, -0.05) is 73.1 Å². The highest BCUT2D eigenvalue weighted by Crippen LogP contribution is 2.42. The number of ether oxygens (including phenoxy) is 1. The number of H-pyrrole nitrogens is 3. The van der Waals surface area contributed by atoms with E-state index in [0.29, 0.717) is 10.8 Å². The number of benzene rings is 1.